The molecule has 1 N–H and O–H groups in total. The van der Waals surface area contributed by atoms with Crippen molar-refractivity contribution in [2.75, 3.05) is 5.75 Å². The maximum absolute atomic E-state index is 10.8. The Labute approximate surface area is 137 Å². The van der Waals surface area contributed by atoms with Gasteiger partial charge in [0.1, 0.15) is 5.52 Å². The van der Waals surface area contributed by atoms with Crippen molar-refractivity contribution in [3.8, 4) is 0 Å². The van der Waals surface area contributed by atoms with Gasteiger partial charge in [-0.2, -0.15) is 0 Å². The number of carboxylic acids is 1. The summed E-state index contributed by atoms with van der Waals surface area (Å²) in [4.78, 5) is 20.5. The zero-order valence-electron chi connectivity index (χ0n) is 10.7. The van der Waals surface area contributed by atoms with Gasteiger partial charge in [-0.1, -0.05) is 11.8 Å². The SMILES string of the molecule is O=C(O)CSc1nc2cnccc2n1Cc1ccc(Br)s1. The summed E-state index contributed by atoms with van der Waals surface area (Å²) in [6.07, 6.45) is 3.41. The van der Waals surface area contributed by atoms with E-state index in [0.29, 0.717) is 11.7 Å². The lowest BCUT2D eigenvalue weighted by molar-refractivity contribution is -0.133. The number of nitrogens with zero attached hydrogens (tertiary/aromatic N) is 3. The number of thioether (sulfide) groups is 1. The fourth-order valence-corrected chi connectivity index (χ4v) is 4.15. The molecule has 0 aromatic carbocycles. The quantitative estimate of drug-likeness (QED) is 0.683. The standard InChI is InChI=1S/C13H10BrN3O2S2/c14-11-2-1-8(21-11)6-17-10-3-4-15-5-9(10)16-13(17)20-7-12(18)19/h1-5H,6-7H2,(H,18,19). The average molecular weight is 384 g/mol. The van der Waals surface area contributed by atoms with Crippen LogP contribution >= 0.6 is 39.0 Å². The van der Waals surface area contributed by atoms with Crippen molar-refractivity contribution in [1.82, 2.24) is 14.5 Å². The molecule has 0 aliphatic rings. The van der Waals surface area contributed by atoms with Crippen LogP contribution in [0.1, 0.15) is 4.88 Å². The van der Waals surface area contributed by atoms with E-state index in [-0.39, 0.29) is 5.75 Å². The molecular formula is C13H10BrN3O2S2. The zero-order valence-corrected chi connectivity index (χ0v) is 13.9. The molecule has 0 radical (unpaired) electrons. The zero-order chi connectivity index (χ0) is 14.8. The van der Waals surface area contributed by atoms with Gasteiger partial charge < -0.3 is 9.67 Å². The number of aromatic nitrogens is 3. The molecule has 3 rings (SSSR count). The first kappa shape index (κ1) is 14.6. The molecule has 0 atom stereocenters. The third-order valence-corrected chi connectivity index (χ3v) is 5.35. The van der Waals surface area contributed by atoms with Gasteiger partial charge in [0, 0.05) is 11.1 Å². The molecule has 0 amide bonds. The molecular weight excluding hydrogens is 374 g/mol. The summed E-state index contributed by atoms with van der Waals surface area (Å²) < 4.78 is 3.10. The van der Waals surface area contributed by atoms with Gasteiger partial charge >= 0.3 is 5.97 Å². The molecule has 21 heavy (non-hydrogen) atoms. The first-order valence-electron chi connectivity index (χ1n) is 6.02. The molecule has 0 aliphatic carbocycles. The summed E-state index contributed by atoms with van der Waals surface area (Å²) in [5.74, 6) is -0.860. The molecule has 0 unspecified atom stereocenters. The second-order valence-electron chi connectivity index (χ2n) is 4.23. The fourth-order valence-electron chi connectivity index (χ4n) is 1.94. The van der Waals surface area contributed by atoms with Crippen LogP contribution in [-0.4, -0.2) is 31.4 Å². The van der Waals surface area contributed by atoms with Crippen LogP contribution in [0.5, 0.6) is 0 Å². The van der Waals surface area contributed by atoms with Crippen molar-refractivity contribution in [3.63, 3.8) is 0 Å². The van der Waals surface area contributed by atoms with E-state index >= 15 is 0 Å². The Bertz CT molecular complexity index is 800. The molecule has 0 spiro atoms. The van der Waals surface area contributed by atoms with Crippen LogP contribution in [-0.2, 0) is 11.3 Å². The van der Waals surface area contributed by atoms with E-state index in [4.69, 9.17) is 5.11 Å². The highest BCUT2D eigenvalue weighted by Gasteiger charge is 2.13. The van der Waals surface area contributed by atoms with Crippen molar-refractivity contribution in [2.24, 2.45) is 0 Å². The summed E-state index contributed by atoms with van der Waals surface area (Å²) in [5.41, 5.74) is 1.74. The summed E-state index contributed by atoms with van der Waals surface area (Å²) in [7, 11) is 0. The molecule has 3 aromatic heterocycles. The second kappa shape index (κ2) is 6.17. The molecule has 0 aliphatic heterocycles. The number of carboxylic acid groups (broad SMARTS) is 1. The normalized spacial score (nSPS) is 11.1. The molecule has 0 saturated carbocycles. The lowest BCUT2D eigenvalue weighted by atomic mass is 10.4. The van der Waals surface area contributed by atoms with Gasteiger partial charge in [-0.05, 0) is 34.1 Å². The number of fused-ring (bicyclic) bond motifs is 1. The van der Waals surface area contributed by atoms with Crippen LogP contribution < -0.4 is 0 Å². The van der Waals surface area contributed by atoms with Gasteiger partial charge in [0.25, 0.3) is 0 Å². The van der Waals surface area contributed by atoms with E-state index in [2.05, 4.69) is 25.9 Å². The molecule has 8 heteroatoms. The topological polar surface area (TPSA) is 68.0 Å². The van der Waals surface area contributed by atoms with Gasteiger partial charge in [-0.25, -0.2) is 4.98 Å². The number of thiophene rings is 1. The minimum atomic E-state index is -0.851. The monoisotopic (exact) mass is 383 g/mol. The Balaban J connectivity index is 2.00. The van der Waals surface area contributed by atoms with E-state index in [0.717, 1.165) is 14.8 Å². The first-order chi connectivity index (χ1) is 10.1. The van der Waals surface area contributed by atoms with Gasteiger partial charge in [0.2, 0.25) is 0 Å². The van der Waals surface area contributed by atoms with E-state index in [1.807, 2.05) is 22.8 Å². The maximum atomic E-state index is 10.8. The van der Waals surface area contributed by atoms with E-state index in [1.165, 1.54) is 16.6 Å². The minimum absolute atomic E-state index is 0.00904. The van der Waals surface area contributed by atoms with Crippen LogP contribution in [0.3, 0.4) is 0 Å². The largest absolute Gasteiger partial charge is 0.481 e. The van der Waals surface area contributed by atoms with Crippen LogP contribution in [0.4, 0.5) is 0 Å². The van der Waals surface area contributed by atoms with E-state index in [9.17, 15) is 4.79 Å². The van der Waals surface area contributed by atoms with Crippen LogP contribution in [0.15, 0.2) is 39.5 Å². The number of hydrogen-bond acceptors (Lipinski definition) is 5. The molecule has 108 valence electrons. The fraction of sp³-hybridized carbons (Fsp3) is 0.154. The Morgan fingerprint density at radius 1 is 1.43 bits per heavy atom. The number of carbonyl (C=O) groups is 1. The Morgan fingerprint density at radius 3 is 3.00 bits per heavy atom. The highest BCUT2D eigenvalue weighted by molar-refractivity contribution is 9.11. The first-order valence-corrected chi connectivity index (χ1v) is 8.62. The molecule has 0 saturated heterocycles. The van der Waals surface area contributed by atoms with Crippen molar-refractivity contribution in [1.29, 1.82) is 0 Å². The number of aliphatic carboxylic acids is 1. The number of hydrogen-bond donors (Lipinski definition) is 1. The molecule has 5 nitrogen and oxygen atoms in total. The highest BCUT2D eigenvalue weighted by Crippen LogP contribution is 2.28. The summed E-state index contributed by atoms with van der Waals surface area (Å²) in [5, 5.41) is 9.56. The van der Waals surface area contributed by atoms with Gasteiger partial charge in [0.05, 0.1) is 27.8 Å². The van der Waals surface area contributed by atoms with Crippen LogP contribution in [0.2, 0.25) is 0 Å². The highest BCUT2D eigenvalue weighted by atomic mass is 79.9. The molecule has 0 bridgehead atoms. The lowest BCUT2D eigenvalue weighted by Gasteiger charge is -2.06. The van der Waals surface area contributed by atoms with Crippen molar-refractivity contribution < 1.29 is 9.90 Å². The van der Waals surface area contributed by atoms with Crippen molar-refractivity contribution in [2.45, 2.75) is 11.7 Å². The average Bonchev–Trinajstić information content (AvgIpc) is 3.01. The minimum Gasteiger partial charge on any atom is -0.481 e. The number of imidazole rings is 1. The van der Waals surface area contributed by atoms with Crippen LogP contribution in [0.25, 0.3) is 11.0 Å². The summed E-state index contributed by atoms with van der Waals surface area (Å²) >= 11 is 6.33. The second-order valence-corrected chi connectivity index (χ2v) is 7.72. The Morgan fingerprint density at radius 2 is 2.29 bits per heavy atom. The predicted molar refractivity (Wildman–Crippen MR) is 87.0 cm³/mol. The Kier molecular flexibility index (Phi) is 4.27. The summed E-state index contributed by atoms with van der Waals surface area (Å²) in [6, 6.07) is 5.95. The van der Waals surface area contributed by atoms with Crippen molar-refractivity contribution >= 4 is 56.0 Å². The molecule has 3 aromatic rings. The maximum Gasteiger partial charge on any atom is 0.313 e. The van der Waals surface area contributed by atoms with Crippen molar-refractivity contribution in [3.05, 3.63) is 39.3 Å². The number of pyridine rings is 1. The van der Waals surface area contributed by atoms with Gasteiger partial charge in [-0.3, -0.25) is 9.78 Å². The predicted octanol–water partition coefficient (Wildman–Crippen LogP) is 3.48. The van der Waals surface area contributed by atoms with E-state index < -0.39 is 5.97 Å². The van der Waals surface area contributed by atoms with E-state index in [1.54, 1.807) is 23.7 Å². The van der Waals surface area contributed by atoms with Gasteiger partial charge in [-0.15, -0.1) is 11.3 Å². The third kappa shape index (κ3) is 3.28. The lowest BCUT2D eigenvalue weighted by Crippen LogP contribution is -2.03. The third-order valence-electron chi connectivity index (χ3n) is 2.78. The smallest absolute Gasteiger partial charge is 0.313 e. The molecule has 3 heterocycles. The number of halogens is 1. The Hall–Kier alpha value is -1.38. The van der Waals surface area contributed by atoms with Crippen LogP contribution in [0, 0.1) is 0 Å². The molecule has 0 fully saturated rings. The summed E-state index contributed by atoms with van der Waals surface area (Å²) in [6.45, 7) is 0.665. The number of rotatable bonds is 5. The van der Waals surface area contributed by atoms with Gasteiger partial charge in [0.15, 0.2) is 5.16 Å².